The maximum Gasteiger partial charge on any atom is 0.407 e. The molecule has 13 heavy (non-hydrogen) atoms. The number of halogens is 3. The van der Waals surface area contributed by atoms with E-state index in [4.69, 9.17) is 10.2 Å². The van der Waals surface area contributed by atoms with Crippen LogP contribution in [-0.2, 0) is 0 Å². The smallest absolute Gasteiger partial charge is 0.407 e. The summed E-state index contributed by atoms with van der Waals surface area (Å²) in [6.45, 7) is 3.05. The second-order valence-electron chi connectivity index (χ2n) is 2.89. The fraction of sp³-hybridized carbons (Fsp3) is 0.500. The van der Waals surface area contributed by atoms with Gasteiger partial charge in [-0.25, -0.2) is 0 Å². The summed E-state index contributed by atoms with van der Waals surface area (Å²) in [4.78, 5) is 0. The molecule has 0 saturated heterocycles. The summed E-state index contributed by atoms with van der Waals surface area (Å²) in [5.41, 5.74) is 5.01. The summed E-state index contributed by atoms with van der Waals surface area (Å²) < 4.78 is 41.4. The maximum absolute atomic E-state index is 12.2. The predicted molar refractivity (Wildman–Crippen MR) is 41.2 cm³/mol. The Morgan fingerprint density at radius 2 is 1.92 bits per heavy atom. The van der Waals surface area contributed by atoms with Crippen LogP contribution in [0.4, 0.5) is 13.2 Å². The minimum atomic E-state index is -4.42. The first-order valence-corrected chi connectivity index (χ1v) is 3.71. The van der Waals surface area contributed by atoms with Crippen molar-refractivity contribution in [2.24, 2.45) is 5.73 Å². The molecule has 1 aromatic rings. The van der Waals surface area contributed by atoms with Crippen LogP contribution in [-0.4, -0.2) is 6.18 Å². The van der Waals surface area contributed by atoms with E-state index < -0.39 is 12.2 Å². The highest BCUT2D eigenvalue weighted by Gasteiger charge is 2.39. The highest BCUT2D eigenvalue weighted by Crippen LogP contribution is 2.33. The van der Waals surface area contributed by atoms with Crippen LogP contribution >= 0.6 is 0 Å². The third-order valence-electron chi connectivity index (χ3n) is 1.77. The molecule has 0 aliphatic carbocycles. The van der Waals surface area contributed by atoms with E-state index in [2.05, 4.69) is 0 Å². The number of rotatable bonds is 1. The molecular formula is C8H10F3NO. The Hall–Kier alpha value is -0.970. The van der Waals surface area contributed by atoms with Crippen LogP contribution in [0.2, 0.25) is 0 Å². The molecular weight excluding hydrogens is 183 g/mol. The molecule has 0 unspecified atom stereocenters. The van der Waals surface area contributed by atoms with Crippen molar-refractivity contribution in [2.45, 2.75) is 26.1 Å². The van der Waals surface area contributed by atoms with Crippen molar-refractivity contribution in [2.75, 3.05) is 0 Å². The Bertz CT molecular complexity index is 303. The Kier molecular flexibility index (Phi) is 2.38. The van der Waals surface area contributed by atoms with Crippen LogP contribution in [0.25, 0.3) is 0 Å². The Balaban J connectivity index is 3.01. The SMILES string of the molecule is Cc1cc([C@H](N)C(F)(F)F)c(C)o1. The van der Waals surface area contributed by atoms with Gasteiger partial charge in [0, 0.05) is 5.56 Å². The molecule has 0 aliphatic rings. The van der Waals surface area contributed by atoms with Gasteiger partial charge in [0.05, 0.1) is 0 Å². The molecule has 0 bridgehead atoms. The highest BCUT2D eigenvalue weighted by atomic mass is 19.4. The van der Waals surface area contributed by atoms with Gasteiger partial charge < -0.3 is 10.2 Å². The van der Waals surface area contributed by atoms with E-state index in [1.165, 1.54) is 13.0 Å². The van der Waals surface area contributed by atoms with E-state index in [1.807, 2.05) is 0 Å². The number of hydrogen-bond donors (Lipinski definition) is 1. The average Bonchev–Trinajstić information content (AvgIpc) is 2.26. The van der Waals surface area contributed by atoms with Gasteiger partial charge in [-0.1, -0.05) is 0 Å². The van der Waals surface area contributed by atoms with Crippen LogP contribution in [0.1, 0.15) is 23.1 Å². The number of aryl methyl sites for hydroxylation is 2. The minimum absolute atomic E-state index is 0.00463. The van der Waals surface area contributed by atoms with Crippen LogP contribution in [0, 0.1) is 13.8 Å². The van der Waals surface area contributed by atoms with Crippen molar-refractivity contribution in [1.82, 2.24) is 0 Å². The Labute approximate surface area is 73.5 Å². The van der Waals surface area contributed by atoms with E-state index in [0.29, 0.717) is 5.76 Å². The number of hydrogen-bond acceptors (Lipinski definition) is 2. The van der Waals surface area contributed by atoms with Gasteiger partial charge in [-0.15, -0.1) is 0 Å². The quantitative estimate of drug-likeness (QED) is 0.744. The van der Waals surface area contributed by atoms with E-state index in [1.54, 1.807) is 6.92 Å². The van der Waals surface area contributed by atoms with Crippen molar-refractivity contribution in [3.63, 3.8) is 0 Å². The number of nitrogens with two attached hydrogens (primary N) is 1. The molecule has 0 aliphatic heterocycles. The lowest BCUT2D eigenvalue weighted by Gasteiger charge is -2.14. The minimum Gasteiger partial charge on any atom is -0.466 e. The molecule has 2 N–H and O–H groups in total. The lowest BCUT2D eigenvalue weighted by Crippen LogP contribution is -2.28. The monoisotopic (exact) mass is 193 g/mol. The lowest BCUT2D eigenvalue weighted by atomic mass is 10.1. The van der Waals surface area contributed by atoms with Crippen LogP contribution in [0.5, 0.6) is 0 Å². The molecule has 2 nitrogen and oxygen atoms in total. The molecule has 0 amide bonds. The molecule has 0 saturated carbocycles. The van der Waals surface area contributed by atoms with Gasteiger partial charge in [0.15, 0.2) is 0 Å². The largest absolute Gasteiger partial charge is 0.466 e. The standard InChI is InChI=1S/C8H10F3NO/c1-4-3-6(5(2)13-4)7(12)8(9,10)11/h3,7H,12H2,1-2H3/t7-/m0/s1. The zero-order valence-electron chi connectivity index (χ0n) is 7.27. The van der Waals surface area contributed by atoms with E-state index >= 15 is 0 Å². The maximum atomic E-state index is 12.2. The van der Waals surface area contributed by atoms with Gasteiger partial charge in [-0.3, -0.25) is 0 Å². The summed E-state index contributed by atoms with van der Waals surface area (Å²) in [6.07, 6.45) is -4.42. The lowest BCUT2D eigenvalue weighted by molar-refractivity contribution is -0.149. The predicted octanol–water partition coefficient (Wildman–Crippen LogP) is 2.46. The first kappa shape index (κ1) is 10.1. The summed E-state index contributed by atoms with van der Waals surface area (Å²) in [7, 11) is 0. The fourth-order valence-electron chi connectivity index (χ4n) is 1.14. The second-order valence-corrected chi connectivity index (χ2v) is 2.89. The molecule has 1 heterocycles. The van der Waals surface area contributed by atoms with Crippen molar-refractivity contribution >= 4 is 0 Å². The molecule has 0 radical (unpaired) electrons. The van der Waals surface area contributed by atoms with Gasteiger partial charge in [0.2, 0.25) is 0 Å². The summed E-state index contributed by atoms with van der Waals surface area (Å²) >= 11 is 0. The van der Waals surface area contributed by atoms with Gasteiger partial charge in [0.25, 0.3) is 0 Å². The number of furan rings is 1. The summed E-state index contributed by atoms with van der Waals surface area (Å²) in [6, 6.07) is -0.641. The summed E-state index contributed by atoms with van der Waals surface area (Å²) in [5.74, 6) is 0.662. The average molecular weight is 193 g/mol. The van der Waals surface area contributed by atoms with Crippen molar-refractivity contribution in [3.8, 4) is 0 Å². The molecule has 0 spiro atoms. The Morgan fingerprint density at radius 1 is 1.38 bits per heavy atom. The third-order valence-corrected chi connectivity index (χ3v) is 1.77. The van der Waals surface area contributed by atoms with Crippen molar-refractivity contribution < 1.29 is 17.6 Å². The van der Waals surface area contributed by atoms with E-state index in [0.717, 1.165) is 0 Å². The van der Waals surface area contributed by atoms with E-state index in [-0.39, 0.29) is 11.3 Å². The van der Waals surface area contributed by atoms with Gasteiger partial charge in [-0.2, -0.15) is 13.2 Å². The molecule has 0 aromatic carbocycles. The zero-order valence-corrected chi connectivity index (χ0v) is 7.27. The van der Waals surface area contributed by atoms with Crippen LogP contribution < -0.4 is 5.73 Å². The Morgan fingerprint density at radius 3 is 2.23 bits per heavy atom. The first-order valence-electron chi connectivity index (χ1n) is 3.71. The molecule has 5 heteroatoms. The molecule has 1 atom stereocenters. The van der Waals surface area contributed by atoms with Crippen molar-refractivity contribution in [3.05, 3.63) is 23.2 Å². The van der Waals surface area contributed by atoms with E-state index in [9.17, 15) is 13.2 Å². The molecule has 1 rings (SSSR count). The first-order chi connectivity index (χ1) is 5.82. The molecule has 0 fully saturated rings. The summed E-state index contributed by atoms with van der Waals surface area (Å²) in [5, 5.41) is 0. The zero-order chi connectivity index (χ0) is 10.2. The third kappa shape index (κ3) is 2.03. The molecule has 74 valence electrons. The van der Waals surface area contributed by atoms with Crippen LogP contribution in [0.3, 0.4) is 0 Å². The molecule has 1 aromatic heterocycles. The highest BCUT2D eigenvalue weighted by molar-refractivity contribution is 5.24. The number of alkyl halides is 3. The second kappa shape index (κ2) is 3.06. The van der Waals surface area contributed by atoms with Gasteiger partial charge in [-0.05, 0) is 19.9 Å². The normalized spacial score (nSPS) is 14.6. The van der Waals surface area contributed by atoms with Crippen molar-refractivity contribution in [1.29, 1.82) is 0 Å². The fourth-order valence-corrected chi connectivity index (χ4v) is 1.14. The van der Waals surface area contributed by atoms with Crippen LogP contribution in [0.15, 0.2) is 10.5 Å². The van der Waals surface area contributed by atoms with Gasteiger partial charge >= 0.3 is 6.18 Å². The topological polar surface area (TPSA) is 39.2 Å². The van der Waals surface area contributed by atoms with Gasteiger partial charge in [0.1, 0.15) is 17.6 Å².